The minimum Gasteiger partial charge on any atom is -0.331 e. The van der Waals surface area contributed by atoms with E-state index < -0.39 is 0 Å². The van der Waals surface area contributed by atoms with Gasteiger partial charge >= 0.3 is 6.03 Å². The van der Waals surface area contributed by atoms with Gasteiger partial charge in [0.2, 0.25) is 0 Å². The number of aromatic nitrogens is 2. The lowest BCUT2D eigenvalue weighted by molar-refractivity contribution is 0.167. The largest absolute Gasteiger partial charge is 0.331 e. The fourth-order valence-electron chi connectivity index (χ4n) is 3.99. The van der Waals surface area contributed by atoms with Crippen molar-refractivity contribution in [2.45, 2.75) is 57.5 Å². The molecule has 2 amide bonds. The second-order valence-electron chi connectivity index (χ2n) is 7.51. The van der Waals surface area contributed by atoms with Crippen molar-refractivity contribution in [3.8, 4) is 0 Å². The van der Waals surface area contributed by atoms with Crippen molar-refractivity contribution in [3.63, 3.8) is 0 Å². The van der Waals surface area contributed by atoms with E-state index in [2.05, 4.69) is 40.7 Å². The molecule has 5 heteroatoms. The van der Waals surface area contributed by atoms with E-state index in [-0.39, 0.29) is 12.1 Å². The summed E-state index contributed by atoms with van der Waals surface area (Å²) in [5.41, 5.74) is 3.59. The van der Waals surface area contributed by atoms with Crippen molar-refractivity contribution in [1.82, 2.24) is 20.0 Å². The van der Waals surface area contributed by atoms with E-state index in [9.17, 15) is 4.79 Å². The molecule has 3 rings (SSSR count). The van der Waals surface area contributed by atoms with Gasteiger partial charge in [-0.25, -0.2) is 4.79 Å². The van der Waals surface area contributed by atoms with E-state index in [1.165, 1.54) is 5.56 Å². The average Bonchev–Trinajstić information content (AvgIpc) is 3.01. The van der Waals surface area contributed by atoms with Crippen molar-refractivity contribution >= 4 is 6.03 Å². The summed E-state index contributed by atoms with van der Waals surface area (Å²) in [5.74, 6) is 0.626. The smallest absolute Gasteiger partial charge is 0.317 e. The molecule has 0 spiro atoms. The van der Waals surface area contributed by atoms with Crippen molar-refractivity contribution in [2.75, 3.05) is 7.05 Å². The molecular weight excluding hydrogens is 324 g/mol. The van der Waals surface area contributed by atoms with E-state index in [1.807, 2.05) is 43.7 Å². The third-order valence-corrected chi connectivity index (χ3v) is 5.92. The molecular formula is C21H30N4O. The van der Waals surface area contributed by atoms with Gasteiger partial charge in [0.05, 0.1) is 12.2 Å². The first-order chi connectivity index (χ1) is 12.5. The van der Waals surface area contributed by atoms with E-state index in [1.54, 1.807) is 0 Å². The summed E-state index contributed by atoms with van der Waals surface area (Å²) in [7, 11) is 3.84. The number of rotatable bonds is 4. The van der Waals surface area contributed by atoms with Crippen LogP contribution in [0.4, 0.5) is 4.79 Å². The van der Waals surface area contributed by atoms with Crippen LogP contribution < -0.4 is 5.32 Å². The summed E-state index contributed by atoms with van der Waals surface area (Å²) in [5, 5.41) is 7.39. The van der Waals surface area contributed by atoms with Crippen LogP contribution in [0.15, 0.2) is 36.5 Å². The minimum atomic E-state index is -0.0423. The molecule has 26 heavy (non-hydrogen) atoms. The lowest BCUT2D eigenvalue weighted by Crippen LogP contribution is -2.45. The van der Waals surface area contributed by atoms with E-state index in [4.69, 9.17) is 0 Å². The molecule has 5 nitrogen and oxygen atoms in total. The van der Waals surface area contributed by atoms with Crippen LogP contribution in [0, 0.1) is 6.92 Å². The van der Waals surface area contributed by atoms with Gasteiger partial charge in [-0.15, -0.1) is 0 Å². The SMILES string of the molecule is Cc1c([C@H](C)NC(=O)N(C)C2CCC(c3ccccc3)CC2)cnn1C. The van der Waals surface area contributed by atoms with Crippen LogP contribution in [0.25, 0.3) is 0 Å². The Morgan fingerprint density at radius 1 is 1.23 bits per heavy atom. The van der Waals surface area contributed by atoms with Gasteiger partial charge in [-0.3, -0.25) is 4.68 Å². The zero-order valence-electron chi connectivity index (χ0n) is 16.3. The molecule has 2 aromatic rings. The summed E-state index contributed by atoms with van der Waals surface area (Å²) < 4.78 is 1.84. The lowest BCUT2D eigenvalue weighted by atomic mass is 9.81. The van der Waals surface area contributed by atoms with Gasteiger partial charge in [0.15, 0.2) is 0 Å². The standard InChI is InChI=1S/C21H30N4O/c1-15(20-14-22-25(4)16(20)2)23-21(26)24(3)19-12-10-18(11-13-19)17-8-6-5-7-9-17/h5-9,14-15,18-19H,10-13H2,1-4H3,(H,23,26)/t15-,18?,19?/m0/s1. The highest BCUT2D eigenvalue weighted by molar-refractivity contribution is 5.74. The maximum atomic E-state index is 12.7. The Balaban J connectivity index is 1.54. The van der Waals surface area contributed by atoms with Gasteiger partial charge in [0, 0.05) is 31.4 Å². The highest BCUT2D eigenvalue weighted by atomic mass is 16.2. The lowest BCUT2D eigenvalue weighted by Gasteiger charge is -2.35. The third kappa shape index (κ3) is 3.92. The first kappa shape index (κ1) is 18.5. The predicted molar refractivity (Wildman–Crippen MR) is 104 cm³/mol. The quantitative estimate of drug-likeness (QED) is 0.896. The molecule has 1 fully saturated rings. The Hall–Kier alpha value is -2.30. The zero-order valence-corrected chi connectivity index (χ0v) is 16.3. The van der Waals surface area contributed by atoms with Crippen molar-refractivity contribution in [3.05, 3.63) is 53.3 Å². The molecule has 0 bridgehead atoms. The summed E-state index contributed by atoms with van der Waals surface area (Å²) in [6, 6.07) is 11.0. The number of urea groups is 1. The number of amides is 2. The Bertz CT molecular complexity index is 732. The van der Waals surface area contributed by atoms with Gasteiger partial charge in [0.25, 0.3) is 0 Å². The summed E-state index contributed by atoms with van der Waals surface area (Å²) in [6.45, 7) is 4.04. The number of hydrogen-bond acceptors (Lipinski definition) is 2. The summed E-state index contributed by atoms with van der Waals surface area (Å²) in [6.07, 6.45) is 6.24. The van der Waals surface area contributed by atoms with Gasteiger partial charge in [-0.1, -0.05) is 30.3 Å². The number of hydrogen-bond donors (Lipinski definition) is 1. The number of carbonyl (C=O) groups is 1. The number of aryl methyl sites for hydroxylation is 1. The average molecular weight is 354 g/mol. The predicted octanol–water partition coefficient (Wildman–Crippen LogP) is 4.16. The molecule has 1 saturated carbocycles. The highest BCUT2D eigenvalue weighted by Crippen LogP contribution is 2.34. The molecule has 0 aliphatic heterocycles. The third-order valence-electron chi connectivity index (χ3n) is 5.92. The Morgan fingerprint density at radius 2 is 1.88 bits per heavy atom. The molecule has 1 atom stereocenters. The maximum Gasteiger partial charge on any atom is 0.317 e. The van der Waals surface area contributed by atoms with Crippen molar-refractivity contribution in [1.29, 1.82) is 0 Å². The van der Waals surface area contributed by atoms with E-state index >= 15 is 0 Å². The van der Waals surface area contributed by atoms with Crippen molar-refractivity contribution < 1.29 is 4.79 Å². The van der Waals surface area contributed by atoms with Gasteiger partial charge in [-0.2, -0.15) is 5.10 Å². The highest BCUT2D eigenvalue weighted by Gasteiger charge is 2.28. The van der Waals surface area contributed by atoms with Crippen LogP contribution in [0.3, 0.4) is 0 Å². The van der Waals surface area contributed by atoms with E-state index in [0.717, 1.165) is 36.9 Å². The fourth-order valence-corrected chi connectivity index (χ4v) is 3.99. The molecule has 0 radical (unpaired) electrons. The molecule has 1 N–H and O–H groups in total. The normalized spacial score (nSPS) is 21.2. The first-order valence-corrected chi connectivity index (χ1v) is 9.54. The molecule has 1 aliphatic carbocycles. The van der Waals surface area contributed by atoms with Crippen LogP contribution in [-0.4, -0.2) is 33.8 Å². The number of nitrogens with one attached hydrogen (secondary N) is 1. The van der Waals surface area contributed by atoms with Crippen LogP contribution in [0.5, 0.6) is 0 Å². The second kappa shape index (κ2) is 7.94. The van der Waals surface area contributed by atoms with Crippen LogP contribution >= 0.6 is 0 Å². The summed E-state index contributed by atoms with van der Waals surface area (Å²) >= 11 is 0. The number of carbonyl (C=O) groups excluding carboxylic acids is 1. The molecule has 1 aromatic carbocycles. The minimum absolute atomic E-state index is 0.00362. The fraction of sp³-hybridized carbons (Fsp3) is 0.524. The molecule has 140 valence electrons. The molecule has 0 saturated heterocycles. The van der Waals surface area contributed by atoms with Crippen molar-refractivity contribution in [2.24, 2.45) is 7.05 Å². The number of benzene rings is 1. The monoisotopic (exact) mass is 354 g/mol. The Labute approximate surface area is 156 Å². The zero-order chi connectivity index (χ0) is 18.7. The molecule has 1 aromatic heterocycles. The second-order valence-corrected chi connectivity index (χ2v) is 7.51. The van der Waals surface area contributed by atoms with Gasteiger partial charge < -0.3 is 10.2 Å². The van der Waals surface area contributed by atoms with Crippen LogP contribution in [0.2, 0.25) is 0 Å². The van der Waals surface area contributed by atoms with E-state index in [0.29, 0.717) is 12.0 Å². The molecule has 0 unspecified atom stereocenters. The van der Waals surface area contributed by atoms with Gasteiger partial charge in [-0.05, 0) is 51.0 Å². The number of nitrogens with zero attached hydrogens (tertiary/aromatic N) is 3. The van der Waals surface area contributed by atoms with Crippen LogP contribution in [-0.2, 0) is 7.05 Å². The Kier molecular flexibility index (Phi) is 5.64. The maximum absolute atomic E-state index is 12.7. The molecule has 1 aliphatic rings. The first-order valence-electron chi connectivity index (χ1n) is 9.54. The van der Waals surface area contributed by atoms with Gasteiger partial charge in [0.1, 0.15) is 0 Å². The molecule has 1 heterocycles. The van der Waals surface area contributed by atoms with Crippen LogP contribution in [0.1, 0.15) is 61.4 Å². The Morgan fingerprint density at radius 3 is 2.46 bits per heavy atom. The topological polar surface area (TPSA) is 50.2 Å². The summed E-state index contributed by atoms with van der Waals surface area (Å²) in [4.78, 5) is 14.6.